The van der Waals surface area contributed by atoms with Gasteiger partial charge in [0.05, 0.1) is 11.4 Å². The molecule has 0 fully saturated rings. The first-order valence-corrected chi connectivity index (χ1v) is 7.01. The third-order valence-corrected chi connectivity index (χ3v) is 3.98. The van der Waals surface area contributed by atoms with E-state index in [0.29, 0.717) is 5.69 Å². The topological polar surface area (TPSA) is 127 Å². The number of sulfonamides is 1. The molecule has 0 radical (unpaired) electrons. The Kier molecular flexibility index (Phi) is 3.33. The molecular formula is C11H12N6O2S. The summed E-state index contributed by atoms with van der Waals surface area (Å²) in [6, 6.07) is 4.44. The summed E-state index contributed by atoms with van der Waals surface area (Å²) in [5.41, 5.74) is 6.70. The molecule has 0 amide bonds. The molecule has 2 rings (SSSR count). The summed E-state index contributed by atoms with van der Waals surface area (Å²) in [7, 11) is -2.25. The van der Waals surface area contributed by atoms with E-state index in [0.717, 1.165) is 6.20 Å². The number of nitriles is 1. The standard InChI is InChI=1S/C11H12N6O2S/c1-7-10(13)11(17(2)15-7)16-20(18,19)9-4-3-8(5-12)14-6-9/h3-4,6,16H,13H2,1-2H3. The summed E-state index contributed by atoms with van der Waals surface area (Å²) in [5, 5.41) is 12.7. The summed E-state index contributed by atoms with van der Waals surface area (Å²) in [6.45, 7) is 1.68. The Labute approximate surface area is 115 Å². The van der Waals surface area contributed by atoms with E-state index in [9.17, 15) is 8.42 Å². The molecule has 0 atom stereocenters. The van der Waals surface area contributed by atoms with Gasteiger partial charge in [0.15, 0.2) is 5.82 Å². The van der Waals surface area contributed by atoms with Gasteiger partial charge in [0.2, 0.25) is 0 Å². The summed E-state index contributed by atoms with van der Waals surface area (Å²) >= 11 is 0. The predicted octanol–water partition coefficient (Wildman–Crippen LogP) is 0.378. The molecule has 0 aliphatic rings. The number of rotatable bonds is 3. The molecule has 3 N–H and O–H groups in total. The zero-order valence-corrected chi connectivity index (χ0v) is 11.6. The molecule has 104 valence electrons. The molecule has 2 aromatic heterocycles. The summed E-state index contributed by atoms with van der Waals surface area (Å²) in [5.74, 6) is 0.187. The zero-order chi connectivity index (χ0) is 14.9. The number of nitrogen functional groups attached to an aromatic ring is 1. The fraction of sp³-hybridized carbons (Fsp3) is 0.182. The fourth-order valence-corrected chi connectivity index (χ4v) is 2.64. The first kappa shape index (κ1) is 13.8. The van der Waals surface area contributed by atoms with Crippen LogP contribution < -0.4 is 10.5 Å². The maximum absolute atomic E-state index is 12.2. The minimum atomic E-state index is -3.83. The maximum Gasteiger partial charge on any atom is 0.264 e. The van der Waals surface area contributed by atoms with Crippen molar-refractivity contribution < 1.29 is 8.42 Å². The Morgan fingerprint density at radius 3 is 2.60 bits per heavy atom. The van der Waals surface area contributed by atoms with Gasteiger partial charge in [-0.2, -0.15) is 10.4 Å². The van der Waals surface area contributed by atoms with Gasteiger partial charge in [0.25, 0.3) is 10.0 Å². The van der Waals surface area contributed by atoms with Gasteiger partial charge in [-0.05, 0) is 19.1 Å². The second kappa shape index (κ2) is 4.82. The molecule has 9 heteroatoms. The molecule has 0 saturated heterocycles. The van der Waals surface area contributed by atoms with Crippen LogP contribution in [0.4, 0.5) is 11.5 Å². The zero-order valence-electron chi connectivity index (χ0n) is 10.8. The lowest BCUT2D eigenvalue weighted by atomic mass is 10.4. The molecule has 0 aliphatic heterocycles. The van der Waals surface area contributed by atoms with E-state index in [-0.39, 0.29) is 22.1 Å². The van der Waals surface area contributed by atoms with E-state index < -0.39 is 10.0 Å². The summed E-state index contributed by atoms with van der Waals surface area (Å²) < 4.78 is 28.1. The lowest BCUT2D eigenvalue weighted by Crippen LogP contribution is -2.16. The van der Waals surface area contributed by atoms with Gasteiger partial charge >= 0.3 is 0 Å². The van der Waals surface area contributed by atoms with Crippen molar-refractivity contribution in [2.75, 3.05) is 10.5 Å². The van der Waals surface area contributed by atoms with Gasteiger partial charge in [0.1, 0.15) is 16.7 Å². The van der Waals surface area contributed by atoms with Crippen molar-refractivity contribution in [3.05, 3.63) is 29.7 Å². The summed E-state index contributed by atoms with van der Waals surface area (Å²) in [4.78, 5) is 3.66. The van der Waals surface area contributed by atoms with Crippen molar-refractivity contribution in [1.29, 1.82) is 5.26 Å². The van der Waals surface area contributed by atoms with Crippen LogP contribution >= 0.6 is 0 Å². The van der Waals surface area contributed by atoms with Gasteiger partial charge in [-0.15, -0.1) is 0 Å². The molecule has 2 heterocycles. The van der Waals surface area contributed by atoms with Crippen LogP contribution in [0.3, 0.4) is 0 Å². The van der Waals surface area contributed by atoms with Gasteiger partial charge in [-0.25, -0.2) is 18.1 Å². The van der Waals surface area contributed by atoms with E-state index >= 15 is 0 Å². The normalized spacial score (nSPS) is 11.1. The van der Waals surface area contributed by atoms with Crippen LogP contribution in [0.2, 0.25) is 0 Å². The Morgan fingerprint density at radius 2 is 2.15 bits per heavy atom. The number of anilines is 2. The molecule has 0 aliphatic carbocycles. The molecule has 0 bridgehead atoms. The Hall–Kier alpha value is -2.60. The van der Waals surface area contributed by atoms with Gasteiger partial charge in [-0.1, -0.05) is 0 Å². The SMILES string of the molecule is Cc1nn(C)c(NS(=O)(=O)c2ccc(C#N)nc2)c1N. The Balaban J connectivity index is 2.38. The molecular weight excluding hydrogens is 280 g/mol. The lowest BCUT2D eigenvalue weighted by Gasteiger charge is -2.08. The Morgan fingerprint density at radius 1 is 1.45 bits per heavy atom. The van der Waals surface area contributed by atoms with Crippen LogP contribution in [0.15, 0.2) is 23.2 Å². The highest BCUT2D eigenvalue weighted by Crippen LogP contribution is 2.24. The van der Waals surface area contributed by atoms with Crippen LogP contribution in [0, 0.1) is 18.3 Å². The highest BCUT2D eigenvalue weighted by Gasteiger charge is 2.19. The third kappa shape index (κ3) is 2.41. The van der Waals surface area contributed by atoms with E-state index in [4.69, 9.17) is 11.0 Å². The predicted molar refractivity (Wildman–Crippen MR) is 72.1 cm³/mol. The van der Waals surface area contributed by atoms with Gasteiger partial charge < -0.3 is 5.73 Å². The van der Waals surface area contributed by atoms with E-state index in [1.165, 1.54) is 16.8 Å². The molecule has 0 saturated carbocycles. The molecule has 0 unspecified atom stereocenters. The van der Waals surface area contributed by atoms with Crippen molar-refractivity contribution in [1.82, 2.24) is 14.8 Å². The number of nitrogens with two attached hydrogens (primary N) is 1. The Bertz CT molecular complexity index is 786. The van der Waals surface area contributed by atoms with Crippen LogP contribution in [0.5, 0.6) is 0 Å². The number of pyridine rings is 1. The van der Waals surface area contributed by atoms with Crippen LogP contribution in [0.1, 0.15) is 11.4 Å². The van der Waals surface area contributed by atoms with Crippen molar-refractivity contribution in [2.24, 2.45) is 7.05 Å². The van der Waals surface area contributed by atoms with E-state index in [1.54, 1.807) is 14.0 Å². The molecule has 0 aromatic carbocycles. The number of aromatic nitrogens is 3. The minimum absolute atomic E-state index is 0.0604. The minimum Gasteiger partial charge on any atom is -0.394 e. The smallest absolute Gasteiger partial charge is 0.264 e. The highest BCUT2D eigenvalue weighted by atomic mass is 32.2. The quantitative estimate of drug-likeness (QED) is 0.841. The van der Waals surface area contributed by atoms with Crippen molar-refractivity contribution in [3.63, 3.8) is 0 Å². The summed E-state index contributed by atoms with van der Waals surface area (Å²) in [6.07, 6.45) is 1.11. The van der Waals surface area contributed by atoms with Crippen LogP contribution in [-0.4, -0.2) is 23.2 Å². The number of hydrogen-bond acceptors (Lipinski definition) is 6. The lowest BCUT2D eigenvalue weighted by molar-refractivity contribution is 0.600. The van der Waals surface area contributed by atoms with Crippen LogP contribution in [0.25, 0.3) is 0 Å². The fourth-order valence-electron chi connectivity index (χ4n) is 1.59. The highest BCUT2D eigenvalue weighted by molar-refractivity contribution is 7.92. The van der Waals surface area contributed by atoms with Crippen LogP contribution in [-0.2, 0) is 17.1 Å². The number of nitrogens with zero attached hydrogens (tertiary/aromatic N) is 4. The first-order valence-electron chi connectivity index (χ1n) is 5.53. The number of hydrogen-bond donors (Lipinski definition) is 2. The number of aryl methyl sites for hydroxylation is 2. The first-order chi connectivity index (χ1) is 9.35. The molecule has 20 heavy (non-hydrogen) atoms. The van der Waals surface area contributed by atoms with Crippen molar-refractivity contribution in [2.45, 2.75) is 11.8 Å². The monoisotopic (exact) mass is 292 g/mol. The largest absolute Gasteiger partial charge is 0.394 e. The van der Waals surface area contributed by atoms with Crippen molar-refractivity contribution >= 4 is 21.5 Å². The third-order valence-electron chi connectivity index (χ3n) is 2.66. The van der Waals surface area contributed by atoms with Gasteiger partial charge in [0, 0.05) is 13.2 Å². The van der Waals surface area contributed by atoms with Crippen molar-refractivity contribution in [3.8, 4) is 6.07 Å². The average Bonchev–Trinajstić information content (AvgIpc) is 2.65. The second-order valence-corrected chi connectivity index (χ2v) is 5.75. The van der Waals surface area contributed by atoms with E-state index in [1.807, 2.05) is 6.07 Å². The maximum atomic E-state index is 12.2. The molecule has 2 aromatic rings. The van der Waals surface area contributed by atoms with Gasteiger partial charge in [-0.3, -0.25) is 4.72 Å². The number of nitrogens with one attached hydrogen (secondary N) is 1. The molecule has 8 nitrogen and oxygen atoms in total. The second-order valence-electron chi connectivity index (χ2n) is 4.07. The molecule has 0 spiro atoms. The van der Waals surface area contributed by atoms with E-state index in [2.05, 4.69) is 14.8 Å². The average molecular weight is 292 g/mol.